The van der Waals surface area contributed by atoms with Gasteiger partial charge in [-0.15, -0.1) is 0 Å². The van der Waals surface area contributed by atoms with E-state index in [1.165, 1.54) is 18.1 Å². The molecule has 0 saturated carbocycles. The number of fused-ring (bicyclic) bond motifs is 1. The zero-order valence-corrected chi connectivity index (χ0v) is 15.7. The van der Waals surface area contributed by atoms with Crippen molar-refractivity contribution in [3.63, 3.8) is 0 Å². The molecule has 0 saturated heterocycles. The summed E-state index contributed by atoms with van der Waals surface area (Å²) in [4.78, 5) is 24.1. The zero-order valence-electron chi connectivity index (χ0n) is 14.9. The summed E-state index contributed by atoms with van der Waals surface area (Å²) >= 11 is 1.77. The number of thioether (sulfide) groups is 1. The number of aryl methyl sites for hydroxylation is 1. The monoisotopic (exact) mass is 349 g/mol. The number of carbonyl (C=O) groups is 2. The van der Waals surface area contributed by atoms with Crippen molar-refractivity contribution in [2.24, 2.45) is 5.41 Å². The minimum atomic E-state index is -1.00. The van der Waals surface area contributed by atoms with E-state index in [4.69, 9.17) is 5.11 Å². The summed E-state index contributed by atoms with van der Waals surface area (Å²) in [5.74, 6) is -0.440. The number of aliphatic carboxylic acids is 1. The molecule has 0 spiro atoms. The minimum Gasteiger partial charge on any atom is -0.480 e. The number of carboxylic acid groups (broad SMARTS) is 1. The molecule has 24 heavy (non-hydrogen) atoms. The van der Waals surface area contributed by atoms with Gasteiger partial charge >= 0.3 is 5.97 Å². The number of hydrogen-bond acceptors (Lipinski definition) is 3. The second kappa shape index (κ2) is 7.18. The van der Waals surface area contributed by atoms with Crippen LogP contribution in [0.3, 0.4) is 0 Å². The van der Waals surface area contributed by atoms with E-state index in [1.54, 1.807) is 11.8 Å². The minimum absolute atomic E-state index is 0.0582. The average molecular weight is 349 g/mol. The van der Waals surface area contributed by atoms with Gasteiger partial charge in [0.05, 0.1) is 5.41 Å². The molecule has 2 atom stereocenters. The molecule has 132 valence electrons. The van der Waals surface area contributed by atoms with Crippen molar-refractivity contribution in [1.82, 2.24) is 5.32 Å². The van der Waals surface area contributed by atoms with Crippen LogP contribution in [-0.2, 0) is 22.4 Å². The Hall–Kier alpha value is -1.49. The Morgan fingerprint density at radius 1 is 1.29 bits per heavy atom. The Morgan fingerprint density at radius 3 is 2.50 bits per heavy atom. The lowest BCUT2D eigenvalue weighted by Gasteiger charge is -2.38. The molecular formula is C19H27NO3S. The van der Waals surface area contributed by atoms with Crippen molar-refractivity contribution in [1.29, 1.82) is 0 Å². The van der Waals surface area contributed by atoms with Gasteiger partial charge in [-0.3, -0.25) is 9.59 Å². The molecule has 5 heteroatoms. The highest BCUT2D eigenvalue weighted by molar-refractivity contribution is 8.00. The molecule has 1 aliphatic carbocycles. The Balaban J connectivity index is 2.26. The summed E-state index contributed by atoms with van der Waals surface area (Å²) in [5.41, 5.74) is 1.96. The molecular weight excluding hydrogens is 322 g/mol. The molecule has 1 aliphatic rings. The molecule has 0 bridgehead atoms. The standard InChI is InChI=1S/C19H27NO3S/c1-13(16(21)22)20-17(23)19(12-24-18(2,3)4)10-9-14-7-5-6-8-15(14)11-19/h5-8,13H,9-12H2,1-4H3,(H,20,23)(H,21,22)/t13-,19?/m0/s1. The van der Waals surface area contributed by atoms with Crippen LogP contribution in [0.25, 0.3) is 0 Å². The molecule has 1 aromatic rings. The van der Waals surface area contributed by atoms with Crippen LogP contribution in [0.1, 0.15) is 45.2 Å². The van der Waals surface area contributed by atoms with Gasteiger partial charge in [0.1, 0.15) is 6.04 Å². The Morgan fingerprint density at radius 2 is 1.92 bits per heavy atom. The number of amides is 1. The largest absolute Gasteiger partial charge is 0.480 e. The highest BCUT2D eigenvalue weighted by Crippen LogP contribution is 2.41. The van der Waals surface area contributed by atoms with Crippen molar-refractivity contribution >= 4 is 23.6 Å². The van der Waals surface area contributed by atoms with Crippen molar-refractivity contribution < 1.29 is 14.7 Å². The SMILES string of the molecule is C[C@H](NC(=O)C1(CSC(C)(C)C)CCc2ccccc2C1)C(=O)O. The van der Waals surface area contributed by atoms with Crippen molar-refractivity contribution in [3.05, 3.63) is 35.4 Å². The molecule has 0 heterocycles. The summed E-state index contributed by atoms with van der Waals surface area (Å²) in [6.07, 6.45) is 2.28. The van der Waals surface area contributed by atoms with E-state index >= 15 is 0 Å². The Kier molecular flexibility index (Phi) is 5.63. The number of carbonyl (C=O) groups excluding carboxylic acids is 1. The fourth-order valence-corrected chi connectivity index (χ4v) is 4.04. The summed E-state index contributed by atoms with van der Waals surface area (Å²) in [5, 5.41) is 11.8. The first kappa shape index (κ1) is 18.8. The number of hydrogen-bond donors (Lipinski definition) is 2. The van der Waals surface area contributed by atoms with Crippen LogP contribution >= 0.6 is 11.8 Å². The molecule has 4 nitrogen and oxygen atoms in total. The first-order valence-electron chi connectivity index (χ1n) is 8.37. The molecule has 1 aromatic carbocycles. The third kappa shape index (κ3) is 4.53. The van der Waals surface area contributed by atoms with E-state index in [0.29, 0.717) is 12.2 Å². The number of rotatable bonds is 5. The average Bonchev–Trinajstić information content (AvgIpc) is 2.51. The normalized spacial score (nSPS) is 21.7. The van der Waals surface area contributed by atoms with Gasteiger partial charge in [-0.1, -0.05) is 45.0 Å². The molecule has 2 N–H and O–H groups in total. The molecule has 2 rings (SSSR count). The maximum atomic E-state index is 13.0. The van der Waals surface area contributed by atoms with E-state index in [9.17, 15) is 9.59 Å². The number of benzene rings is 1. The van der Waals surface area contributed by atoms with E-state index in [-0.39, 0.29) is 10.7 Å². The van der Waals surface area contributed by atoms with Gasteiger partial charge in [0.25, 0.3) is 0 Å². The zero-order chi connectivity index (χ0) is 18.0. The maximum Gasteiger partial charge on any atom is 0.325 e. The van der Waals surface area contributed by atoms with Crippen molar-refractivity contribution in [2.75, 3.05) is 5.75 Å². The van der Waals surface area contributed by atoms with Gasteiger partial charge in [-0.05, 0) is 37.3 Å². The smallest absolute Gasteiger partial charge is 0.325 e. The van der Waals surface area contributed by atoms with Crippen molar-refractivity contribution in [2.45, 2.75) is 57.7 Å². The van der Waals surface area contributed by atoms with E-state index < -0.39 is 17.4 Å². The lowest BCUT2D eigenvalue weighted by atomic mass is 9.72. The van der Waals surface area contributed by atoms with E-state index in [0.717, 1.165) is 12.8 Å². The van der Waals surface area contributed by atoms with Crippen LogP contribution in [0.15, 0.2) is 24.3 Å². The summed E-state index contributed by atoms with van der Waals surface area (Å²) in [6, 6.07) is 7.37. The fraction of sp³-hybridized carbons (Fsp3) is 0.579. The van der Waals surface area contributed by atoms with E-state index in [2.05, 4.69) is 38.2 Å². The molecule has 0 radical (unpaired) electrons. The molecule has 1 amide bonds. The molecule has 0 fully saturated rings. The summed E-state index contributed by atoms with van der Waals surface area (Å²) < 4.78 is 0.0582. The highest BCUT2D eigenvalue weighted by atomic mass is 32.2. The van der Waals surface area contributed by atoms with Gasteiger partial charge in [0.2, 0.25) is 5.91 Å². The van der Waals surface area contributed by atoms with Crippen LogP contribution < -0.4 is 5.32 Å². The molecule has 0 aliphatic heterocycles. The lowest BCUT2D eigenvalue weighted by molar-refractivity contribution is -0.143. The highest BCUT2D eigenvalue weighted by Gasteiger charge is 2.42. The van der Waals surface area contributed by atoms with Gasteiger partial charge in [-0.25, -0.2) is 0 Å². The topological polar surface area (TPSA) is 66.4 Å². The lowest BCUT2D eigenvalue weighted by Crippen LogP contribution is -2.51. The molecule has 0 aromatic heterocycles. The van der Waals surface area contributed by atoms with Crippen LogP contribution in [-0.4, -0.2) is 33.5 Å². The predicted molar refractivity (Wildman–Crippen MR) is 98.4 cm³/mol. The van der Waals surface area contributed by atoms with Crippen LogP contribution in [0, 0.1) is 5.41 Å². The van der Waals surface area contributed by atoms with Gasteiger partial charge in [-0.2, -0.15) is 11.8 Å². The molecule has 1 unspecified atom stereocenters. The van der Waals surface area contributed by atoms with E-state index in [1.807, 2.05) is 12.1 Å². The van der Waals surface area contributed by atoms with Gasteiger partial charge < -0.3 is 10.4 Å². The van der Waals surface area contributed by atoms with Crippen LogP contribution in [0.2, 0.25) is 0 Å². The van der Waals surface area contributed by atoms with Gasteiger partial charge in [0.15, 0.2) is 0 Å². The third-order valence-electron chi connectivity index (χ3n) is 4.50. The Bertz CT molecular complexity index is 623. The quantitative estimate of drug-likeness (QED) is 0.856. The summed E-state index contributed by atoms with van der Waals surface area (Å²) in [7, 11) is 0. The van der Waals surface area contributed by atoms with Crippen molar-refractivity contribution in [3.8, 4) is 0 Å². The first-order valence-corrected chi connectivity index (χ1v) is 9.36. The fourth-order valence-electron chi connectivity index (χ4n) is 2.95. The summed E-state index contributed by atoms with van der Waals surface area (Å²) in [6.45, 7) is 7.93. The number of carboxylic acids is 1. The first-order chi connectivity index (χ1) is 11.1. The third-order valence-corrected chi connectivity index (χ3v) is 6.06. The number of nitrogens with one attached hydrogen (secondary N) is 1. The maximum absolute atomic E-state index is 13.0. The Labute approximate surface area is 148 Å². The predicted octanol–water partition coefficient (Wildman–Crippen LogP) is 3.28. The second-order valence-electron chi connectivity index (χ2n) is 7.66. The second-order valence-corrected chi connectivity index (χ2v) is 9.46. The van der Waals surface area contributed by atoms with Crippen LogP contribution in [0.5, 0.6) is 0 Å². The van der Waals surface area contributed by atoms with Gasteiger partial charge in [0, 0.05) is 10.5 Å². The van der Waals surface area contributed by atoms with Crippen LogP contribution in [0.4, 0.5) is 0 Å².